The average molecular weight is 284 g/mol. The summed E-state index contributed by atoms with van der Waals surface area (Å²) in [7, 11) is 0. The van der Waals surface area contributed by atoms with Gasteiger partial charge in [0.05, 0.1) is 6.61 Å². The summed E-state index contributed by atoms with van der Waals surface area (Å²) in [6.45, 7) is 4.10. The molecule has 0 amide bonds. The van der Waals surface area contributed by atoms with Crippen molar-refractivity contribution in [3.63, 3.8) is 0 Å². The second-order valence-corrected chi connectivity index (χ2v) is 5.31. The fourth-order valence-corrected chi connectivity index (χ4v) is 2.54. The largest absolute Gasteiger partial charge is 0.395 e. The van der Waals surface area contributed by atoms with Gasteiger partial charge in [-0.3, -0.25) is 9.88 Å². The number of hydrogen-bond donors (Lipinski definition) is 1. The molecule has 0 radical (unpaired) electrons. The van der Waals surface area contributed by atoms with Gasteiger partial charge in [-0.25, -0.2) is 0 Å². The lowest BCUT2D eigenvalue weighted by Crippen LogP contribution is -2.38. The smallest absolute Gasteiger partial charge is 0.0586 e. The Morgan fingerprint density at radius 2 is 1.86 bits per heavy atom. The van der Waals surface area contributed by atoms with Crippen LogP contribution in [0.4, 0.5) is 0 Å². The molecule has 112 valence electrons. The van der Waals surface area contributed by atoms with E-state index >= 15 is 0 Å². The zero-order valence-corrected chi connectivity index (χ0v) is 12.7. The summed E-state index contributed by atoms with van der Waals surface area (Å²) >= 11 is 0. The Morgan fingerprint density at radius 3 is 2.48 bits per heavy atom. The monoisotopic (exact) mass is 284 g/mol. The first kappa shape index (κ1) is 15.7. The Kier molecular flexibility index (Phi) is 6.38. The number of hydrogen-bond acceptors (Lipinski definition) is 3. The predicted octanol–water partition coefficient (Wildman–Crippen LogP) is 2.90. The van der Waals surface area contributed by atoms with Crippen LogP contribution in [0.25, 0.3) is 0 Å². The minimum atomic E-state index is 0.200. The van der Waals surface area contributed by atoms with Gasteiger partial charge >= 0.3 is 0 Å². The molecular formula is C18H24N2O. The average Bonchev–Trinajstić information content (AvgIpc) is 2.55. The lowest BCUT2D eigenvalue weighted by atomic mass is 10.1. The quantitative estimate of drug-likeness (QED) is 0.809. The third-order valence-electron chi connectivity index (χ3n) is 3.84. The van der Waals surface area contributed by atoms with Gasteiger partial charge in [0.1, 0.15) is 0 Å². The molecule has 0 saturated heterocycles. The summed E-state index contributed by atoms with van der Waals surface area (Å²) in [6, 6.07) is 14.8. The Balaban J connectivity index is 2.01. The molecule has 2 rings (SSSR count). The molecule has 0 unspecified atom stereocenters. The highest BCUT2D eigenvalue weighted by atomic mass is 16.3. The van der Waals surface area contributed by atoms with Crippen LogP contribution in [0, 0.1) is 0 Å². The molecule has 0 aliphatic carbocycles. The van der Waals surface area contributed by atoms with Gasteiger partial charge in [0, 0.05) is 31.5 Å². The van der Waals surface area contributed by atoms with Crippen molar-refractivity contribution in [3.05, 3.63) is 66.0 Å². The molecule has 1 heterocycles. The SMILES string of the molecule is CC[C@H](CO)N(CCc1ccccc1)Cc1cccnc1. The van der Waals surface area contributed by atoms with E-state index in [0.29, 0.717) is 0 Å². The molecule has 1 atom stereocenters. The van der Waals surface area contributed by atoms with Gasteiger partial charge in [-0.2, -0.15) is 0 Å². The van der Waals surface area contributed by atoms with E-state index in [1.807, 2.05) is 18.3 Å². The van der Waals surface area contributed by atoms with Gasteiger partial charge in [0.25, 0.3) is 0 Å². The van der Waals surface area contributed by atoms with E-state index < -0.39 is 0 Å². The Hall–Kier alpha value is -1.71. The summed E-state index contributed by atoms with van der Waals surface area (Å²) in [4.78, 5) is 6.53. The topological polar surface area (TPSA) is 36.4 Å². The minimum absolute atomic E-state index is 0.200. The molecule has 3 heteroatoms. The van der Waals surface area contributed by atoms with Crippen LogP contribution < -0.4 is 0 Å². The van der Waals surface area contributed by atoms with Crippen LogP contribution in [0.1, 0.15) is 24.5 Å². The van der Waals surface area contributed by atoms with E-state index in [-0.39, 0.29) is 12.6 Å². The van der Waals surface area contributed by atoms with E-state index in [4.69, 9.17) is 0 Å². The number of rotatable bonds is 8. The Bertz CT molecular complexity index is 497. The molecule has 0 fully saturated rings. The zero-order valence-electron chi connectivity index (χ0n) is 12.7. The molecule has 21 heavy (non-hydrogen) atoms. The number of pyridine rings is 1. The van der Waals surface area contributed by atoms with E-state index in [2.05, 4.69) is 47.1 Å². The van der Waals surface area contributed by atoms with Crippen molar-refractivity contribution in [2.45, 2.75) is 32.4 Å². The van der Waals surface area contributed by atoms with Crippen LogP contribution in [-0.2, 0) is 13.0 Å². The fraction of sp³-hybridized carbons (Fsp3) is 0.389. The molecular weight excluding hydrogens is 260 g/mol. The van der Waals surface area contributed by atoms with Crippen LogP contribution >= 0.6 is 0 Å². The Labute approximate surface area is 127 Å². The molecule has 0 saturated carbocycles. The maximum Gasteiger partial charge on any atom is 0.0586 e. The third-order valence-corrected chi connectivity index (χ3v) is 3.84. The lowest BCUT2D eigenvalue weighted by Gasteiger charge is -2.29. The first-order chi connectivity index (χ1) is 10.3. The van der Waals surface area contributed by atoms with Crippen molar-refractivity contribution in [1.29, 1.82) is 0 Å². The molecule has 1 aromatic carbocycles. The zero-order chi connectivity index (χ0) is 14.9. The number of aliphatic hydroxyl groups excluding tert-OH is 1. The number of benzene rings is 1. The second kappa shape index (κ2) is 8.55. The van der Waals surface area contributed by atoms with Gasteiger partial charge in [-0.05, 0) is 30.0 Å². The maximum absolute atomic E-state index is 9.61. The van der Waals surface area contributed by atoms with Crippen LogP contribution in [0.2, 0.25) is 0 Å². The second-order valence-electron chi connectivity index (χ2n) is 5.31. The molecule has 1 aromatic heterocycles. The lowest BCUT2D eigenvalue weighted by molar-refractivity contribution is 0.114. The predicted molar refractivity (Wildman–Crippen MR) is 86.0 cm³/mol. The normalized spacial score (nSPS) is 12.5. The summed E-state index contributed by atoms with van der Waals surface area (Å²) in [5.41, 5.74) is 2.53. The van der Waals surface area contributed by atoms with Crippen LogP contribution in [0.5, 0.6) is 0 Å². The molecule has 0 aliphatic heterocycles. The molecule has 3 nitrogen and oxygen atoms in total. The van der Waals surface area contributed by atoms with E-state index in [0.717, 1.165) is 25.9 Å². The standard InChI is InChI=1S/C18H24N2O/c1-2-18(15-21)20(14-17-9-6-11-19-13-17)12-10-16-7-4-3-5-8-16/h3-9,11,13,18,21H,2,10,12,14-15H2,1H3/t18-/m1/s1. The van der Waals surface area contributed by atoms with Gasteiger partial charge < -0.3 is 5.11 Å². The van der Waals surface area contributed by atoms with Crippen LogP contribution in [-0.4, -0.2) is 34.2 Å². The van der Waals surface area contributed by atoms with Crippen molar-refractivity contribution in [2.24, 2.45) is 0 Å². The summed E-state index contributed by atoms with van der Waals surface area (Å²) in [5, 5.41) is 9.61. The van der Waals surface area contributed by atoms with E-state index in [9.17, 15) is 5.11 Å². The Morgan fingerprint density at radius 1 is 1.10 bits per heavy atom. The summed E-state index contributed by atoms with van der Waals surface area (Å²) < 4.78 is 0. The molecule has 0 bridgehead atoms. The number of aliphatic hydroxyl groups is 1. The highest BCUT2D eigenvalue weighted by Gasteiger charge is 2.16. The van der Waals surface area contributed by atoms with Crippen molar-refractivity contribution < 1.29 is 5.11 Å². The first-order valence-corrected chi connectivity index (χ1v) is 7.61. The van der Waals surface area contributed by atoms with Gasteiger partial charge in [-0.15, -0.1) is 0 Å². The maximum atomic E-state index is 9.61. The van der Waals surface area contributed by atoms with Crippen LogP contribution in [0.15, 0.2) is 54.9 Å². The summed E-state index contributed by atoms with van der Waals surface area (Å²) in [5.74, 6) is 0. The third kappa shape index (κ3) is 4.96. The van der Waals surface area contributed by atoms with Gasteiger partial charge in [0.2, 0.25) is 0 Å². The van der Waals surface area contributed by atoms with Crippen LogP contribution in [0.3, 0.4) is 0 Å². The van der Waals surface area contributed by atoms with E-state index in [1.54, 1.807) is 6.20 Å². The molecule has 1 N–H and O–H groups in total. The summed E-state index contributed by atoms with van der Waals surface area (Å²) in [6.07, 6.45) is 5.64. The highest BCUT2D eigenvalue weighted by Crippen LogP contribution is 2.12. The molecule has 2 aromatic rings. The van der Waals surface area contributed by atoms with Crippen molar-refractivity contribution in [3.8, 4) is 0 Å². The minimum Gasteiger partial charge on any atom is -0.395 e. The van der Waals surface area contributed by atoms with E-state index in [1.165, 1.54) is 11.1 Å². The molecule has 0 aliphatic rings. The van der Waals surface area contributed by atoms with Crippen molar-refractivity contribution in [1.82, 2.24) is 9.88 Å². The fourth-order valence-electron chi connectivity index (χ4n) is 2.54. The van der Waals surface area contributed by atoms with Gasteiger partial charge in [0.15, 0.2) is 0 Å². The first-order valence-electron chi connectivity index (χ1n) is 7.61. The highest BCUT2D eigenvalue weighted by molar-refractivity contribution is 5.15. The number of nitrogens with zero attached hydrogens (tertiary/aromatic N) is 2. The van der Waals surface area contributed by atoms with Gasteiger partial charge in [-0.1, -0.05) is 43.3 Å². The molecule has 0 spiro atoms. The number of aromatic nitrogens is 1. The van der Waals surface area contributed by atoms with Crippen molar-refractivity contribution >= 4 is 0 Å². The van der Waals surface area contributed by atoms with Crippen molar-refractivity contribution in [2.75, 3.05) is 13.2 Å².